The van der Waals surface area contributed by atoms with E-state index in [1.54, 1.807) is 24.3 Å². The van der Waals surface area contributed by atoms with Crippen LogP contribution in [0, 0.1) is 11.3 Å². The number of nitriles is 1. The Hall–Kier alpha value is -3.61. The number of amides is 1. The van der Waals surface area contributed by atoms with Gasteiger partial charge < -0.3 is 15.0 Å². The average Bonchev–Trinajstić information content (AvgIpc) is 3.58. The number of benzene rings is 2. The Kier molecular flexibility index (Phi) is 6.11. The van der Waals surface area contributed by atoms with E-state index in [0.717, 1.165) is 41.7 Å². The highest BCUT2D eigenvalue weighted by atomic mass is 32.2. The lowest BCUT2D eigenvalue weighted by Gasteiger charge is -2.14. The van der Waals surface area contributed by atoms with Crippen molar-refractivity contribution in [3.05, 3.63) is 60.3 Å². The van der Waals surface area contributed by atoms with Gasteiger partial charge in [0.2, 0.25) is 5.91 Å². The summed E-state index contributed by atoms with van der Waals surface area (Å²) in [6.45, 7) is 1.40. The molecule has 0 saturated carbocycles. The van der Waals surface area contributed by atoms with Crippen molar-refractivity contribution >= 4 is 34.3 Å². The number of thioether (sulfide) groups is 1. The minimum atomic E-state index is -0.171. The molecule has 8 nitrogen and oxygen atoms in total. The van der Waals surface area contributed by atoms with Crippen LogP contribution in [-0.2, 0) is 16.1 Å². The fourth-order valence-electron chi connectivity index (χ4n) is 4.00. The number of rotatable bonds is 7. The highest BCUT2D eigenvalue weighted by molar-refractivity contribution is 7.99. The Morgan fingerprint density at radius 3 is 3.03 bits per heavy atom. The van der Waals surface area contributed by atoms with Gasteiger partial charge in [-0.15, -0.1) is 10.2 Å². The Labute approximate surface area is 195 Å². The number of anilines is 1. The second kappa shape index (κ2) is 9.48. The molecule has 1 atom stereocenters. The minimum Gasteiger partial charge on any atom is -0.376 e. The normalized spacial score (nSPS) is 15.5. The second-order valence-corrected chi connectivity index (χ2v) is 8.77. The van der Waals surface area contributed by atoms with Gasteiger partial charge in [0.15, 0.2) is 11.0 Å². The molecule has 3 heterocycles. The number of ether oxygens (including phenoxy) is 1. The fourth-order valence-corrected chi connectivity index (χ4v) is 4.75. The second-order valence-electron chi connectivity index (χ2n) is 7.83. The number of nitrogens with one attached hydrogen (secondary N) is 2. The van der Waals surface area contributed by atoms with Crippen LogP contribution in [0.1, 0.15) is 18.4 Å². The van der Waals surface area contributed by atoms with Crippen LogP contribution in [0.25, 0.3) is 22.3 Å². The highest BCUT2D eigenvalue weighted by Gasteiger charge is 2.23. The number of carbonyl (C=O) groups is 1. The Morgan fingerprint density at radius 1 is 1.27 bits per heavy atom. The van der Waals surface area contributed by atoms with Gasteiger partial charge in [-0.1, -0.05) is 36.0 Å². The molecule has 2 aromatic heterocycles. The number of nitrogens with zero attached hydrogens (tertiary/aromatic N) is 4. The average molecular weight is 459 g/mol. The van der Waals surface area contributed by atoms with Crippen molar-refractivity contribution < 1.29 is 9.53 Å². The lowest BCUT2D eigenvalue weighted by Crippen LogP contribution is -2.18. The van der Waals surface area contributed by atoms with E-state index in [0.29, 0.717) is 23.0 Å². The van der Waals surface area contributed by atoms with E-state index in [-0.39, 0.29) is 17.8 Å². The molecule has 0 radical (unpaired) electrons. The molecule has 33 heavy (non-hydrogen) atoms. The van der Waals surface area contributed by atoms with Gasteiger partial charge in [-0.05, 0) is 37.1 Å². The third-order valence-electron chi connectivity index (χ3n) is 5.56. The van der Waals surface area contributed by atoms with Gasteiger partial charge in [-0.25, -0.2) is 0 Å². The van der Waals surface area contributed by atoms with Gasteiger partial charge in [0.05, 0.1) is 30.0 Å². The summed E-state index contributed by atoms with van der Waals surface area (Å²) in [6.07, 6.45) is 4.09. The Balaban J connectivity index is 1.37. The zero-order valence-electron chi connectivity index (χ0n) is 17.8. The predicted molar refractivity (Wildman–Crippen MR) is 127 cm³/mol. The van der Waals surface area contributed by atoms with E-state index in [9.17, 15) is 4.79 Å². The number of para-hydroxylation sites is 1. The van der Waals surface area contributed by atoms with Gasteiger partial charge >= 0.3 is 0 Å². The first-order valence-corrected chi connectivity index (χ1v) is 11.7. The molecule has 1 aliphatic rings. The maximum absolute atomic E-state index is 12.5. The van der Waals surface area contributed by atoms with Gasteiger partial charge in [0, 0.05) is 35.0 Å². The molecule has 0 aliphatic carbocycles. The molecule has 2 aromatic carbocycles. The summed E-state index contributed by atoms with van der Waals surface area (Å²) in [5, 5.41) is 22.5. The summed E-state index contributed by atoms with van der Waals surface area (Å²) in [7, 11) is 0. The summed E-state index contributed by atoms with van der Waals surface area (Å²) in [5.41, 5.74) is 3.10. The third-order valence-corrected chi connectivity index (χ3v) is 6.53. The number of hydrogen-bond donors (Lipinski definition) is 2. The number of carbonyl (C=O) groups excluding carboxylic acids is 1. The van der Waals surface area contributed by atoms with E-state index in [2.05, 4.69) is 37.2 Å². The fraction of sp³-hybridized carbons (Fsp3) is 0.250. The molecule has 2 N–H and O–H groups in total. The van der Waals surface area contributed by atoms with Gasteiger partial charge in [-0.2, -0.15) is 5.26 Å². The summed E-state index contributed by atoms with van der Waals surface area (Å²) in [4.78, 5) is 15.8. The van der Waals surface area contributed by atoms with Crippen LogP contribution in [0.2, 0.25) is 0 Å². The van der Waals surface area contributed by atoms with Crippen LogP contribution in [0.5, 0.6) is 0 Å². The SMILES string of the molecule is N#Cc1cccc(NC(=O)CSc2nnc(-c3c[nH]c4ccccc34)n2C[C@H]2CCCO2)c1. The van der Waals surface area contributed by atoms with Crippen molar-refractivity contribution in [1.29, 1.82) is 5.26 Å². The van der Waals surface area contributed by atoms with Crippen molar-refractivity contribution in [2.75, 3.05) is 17.7 Å². The van der Waals surface area contributed by atoms with E-state index >= 15 is 0 Å². The maximum Gasteiger partial charge on any atom is 0.234 e. The zero-order chi connectivity index (χ0) is 22.6. The molecule has 1 fully saturated rings. The van der Waals surface area contributed by atoms with Crippen molar-refractivity contribution in [2.45, 2.75) is 30.6 Å². The summed E-state index contributed by atoms with van der Waals surface area (Å²) in [5.74, 6) is 0.761. The summed E-state index contributed by atoms with van der Waals surface area (Å²) >= 11 is 1.34. The van der Waals surface area contributed by atoms with Crippen LogP contribution in [0.15, 0.2) is 59.9 Å². The lowest BCUT2D eigenvalue weighted by atomic mass is 10.1. The molecule has 1 aliphatic heterocycles. The third kappa shape index (κ3) is 4.62. The molecule has 0 unspecified atom stereocenters. The smallest absolute Gasteiger partial charge is 0.234 e. The molecule has 166 valence electrons. The molecule has 1 saturated heterocycles. The molecule has 0 spiro atoms. The number of aromatic nitrogens is 4. The van der Waals surface area contributed by atoms with Crippen molar-refractivity contribution in [1.82, 2.24) is 19.7 Å². The van der Waals surface area contributed by atoms with Crippen molar-refractivity contribution in [3.63, 3.8) is 0 Å². The topological polar surface area (TPSA) is 109 Å². The predicted octanol–water partition coefficient (Wildman–Crippen LogP) is 4.21. The van der Waals surface area contributed by atoms with E-state index in [4.69, 9.17) is 10.00 Å². The van der Waals surface area contributed by atoms with E-state index in [1.165, 1.54) is 11.8 Å². The van der Waals surface area contributed by atoms with Crippen LogP contribution in [0.3, 0.4) is 0 Å². The first-order valence-electron chi connectivity index (χ1n) is 10.8. The van der Waals surface area contributed by atoms with Crippen LogP contribution < -0.4 is 5.32 Å². The first kappa shape index (κ1) is 21.2. The Bertz CT molecular complexity index is 1330. The monoisotopic (exact) mass is 458 g/mol. The van der Waals surface area contributed by atoms with Crippen LogP contribution in [-0.4, -0.2) is 44.1 Å². The highest BCUT2D eigenvalue weighted by Crippen LogP contribution is 2.31. The summed E-state index contributed by atoms with van der Waals surface area (Å²) in [6, 6.07) is 17.0. The first-order chi connectivity index (χ1) is 16.2. The number of fused-ring (bicyclic) bond motifs is 1. The summed E-state index contributed by atoms with van der Waals surface area (Å²) < 4.78 is 7.92. The van der Waals surface area contributed by atoms with Gasteiger partial charge in [-0.3, -0.25) is 9.36 Å². The molecule has 0 bridgehead atoms. The largest absolute Gasteiger partial charge is 0.376 e. The minimum absolute atomic E-state index is 0.104. The molecular weight excluding hydrogens is 436 g/mol. The van der Waals surface area contributed by atoms with Crippen molar-refractivity contribution in [3.8, 4) is 17.5 Å². The van der Waals surface area contributed by atoms with Crippen LogP contribution >= 0.6 is 11.8 Å². The van der Waals surface area contributed by atoms with Crippen molar-refractivity contribution in [2.24, 2.45) is 0 Å². The van der Waals surface area contributed by atoms with E-state index < -0.39 is 0 Å². The number of hydrogen-bond acceptors (Lipinski definition) is 6. The standard InChI is InChI=1S/C24H22N6O2S/c25-12-16-5-3-6-17(11-16)27-22(31)15-33-24-29-28-23(30(24)14-18-7-4-10-32-18)20-13-26-21-9-2-1-8-19(20)21/h1-3,5-6,8-9,11,13,18,26H,4,7,10,14-15H2,(H,27,31)/t18-/m1/s1. The maximum atomic E-state index is 12.5. The molecule has 5 rings (SSSR count). The molecule has 1 amide bonds. The number of aromatic amines is 1. The van der Waals surface area contributed by atoms with E-state index in [1.807, 2.05) is 24.4 Å². The molecule has 9 heteroatoms. The van der Waals surface area contributed by atoms with Gasteiger partial charge in [0.25, 0.3) is 0 Å². The number of H-pyrrole nitrogens is 1. The van der Waals surface area contributed by atoms with Gasteiger partial charge in [0.1, 0.15) is 0 Å². The molecular formula is C24H22N6O2S. The quantitative estimate of drug-likeness (QED) is 0.402. The Morgan fingerprint density at radius 2 is 2.18 bits per heavy atom. The molecule has 4 aromatic rings. The lowest BCUT2D eigenvalue weighted by molar-refractivity contribution is -0.113. The van der Waals surface area contributed by atoms with Crippen LogP contribution in [0.4, 0.5) is 5.69 Å². The zero-order valence-corrected chi connectivity index (χ0v) is 18.6.